The molecule has 1 aromatic carbocycles. The Kier molecular flexibility index (Phi) is 4.39. The number of sulfonamides is 1. The van der Waals surface area contributed by atoms with E-state index in [9.17, 15) is 13.2 Å². The van der Waals surface area contributed by atoms with Gasteiger partial charge >= 0.3 is 0 Å². The molecular weight excluding hydrogens is 372 g/mol. The summed E-state index contributed by atoms with van der Waals surface area (Å²) in [5.74, 6) is 1.10. The molecule has 0 saturated carbocycles. The minimum absolute atomic E-state index is 0.0807. The average molecular weight is 392 g/mol. The Labute approximate surface area is 156 Å². The maximum atomic E-state index is 13.2. The summed E-state index contributed by atoms with van der Waals surface area (Å²) in [5, 5.41) is 6.58. The van der Waals surface area contributed by atoms with Crippen LogP contribution < -0.4 is 10.1 Å². The summed E-state index contributed by atoms with van der Waals surface area (Å²) in [4.78, 5) is 16.0. The number of nitrogens with zero attached hydrogens (tertiary/aromatic N) is 3. The molecule has 10 heteroatoms. The number of rotatable bonds is 4. The van der Waals surface area contributed by atoms with Gasteiger partial charge in [0.15, 0.2) is 12.4 Å². The van der Waals surface area contributed by atoms with Crippen LogP contribution in [0.5, 0.6) is 5.75 Å². The molecule has 1 fully saturated rings. The van der Waals surface area contributed by atoms with Crippen molar-refractivity contribution in [2.45, 2.75) is 43.5 Å². The number of benzene rings is 1. The number of nitrogens with one attached hydrogen (secondary N) is 1. The Bertz CT molecular complexity index is 985. The third-order valence-electron chi connectivity index (χ3n) is 4.65. The first kappa shape index (κ1) is 17.9. The molecule has 27 heavy (non-hydrogen) atoms. The first-order valence-electron chi connectivity index (χ1n) is 8.78. The summed E-state index contributed by atoms with van der Waals surface area (Å²) in [6.07, 6.45) is 1.32. The summed E-state index contributed by atoms with van der Waals surface area (Å²) in [5.41, 5.74) is 0.350. The van der Waals surface area contributed by atoms with E-state index in [0.717, 1.165) is 0 Å². The van der Waals surface area contributed by atoms with Crippen molar-refractivity contribution < 1.29 is 22.5 Å². The van der Waals surface area contributed by atoms with Crippen LogP contribution in [0, 0.1) is 0 Å². The molecule has 0 bridgehead atoms. The van der Waals surface area contributed by atoms with E-state index in [1.807, 2.05) is 13.8 Å². The molecular formula is C17H20N4O5S. The second kappa shape index (κ2) is 6.61. The third kappa shape index (κ3) is 3.19. The van der Waals surface area contributed by atoms with Gasteiger partial charge in [-0.25, -0.2) is 8.42 Å². The van der Waals surface area contributed by atoms with Crippen LogP contribution in [0.15, 0.2) is 27.6 Å². The van der Waals surface area contributed by atoms with E-state index in [-0.39, 0.29) is 23.3 Å². The van der Waals surface area contributed by atoms with Gasteiger partial charge in [0.1, 0.15) is 11.8 Å². The monoisotopic (exact) mass is 392 g/mol. The molecule has 1 amide bonds. The fraction of sp³-hybridized carbons (Fsp3) is 0.471. The van der Waals surface area contributed by atoms with Crippen molar-refractivity contribution >= 4 is 21.6 Å². The molecule has 1 N–H and O–H groups in total. The van der Waals surface area contributed by atoms with Crippen LogP contribution in [0.4, 0.5) is 5.69 Å². The van der Waals surface area contributed by atoms with Gasteiger partial charge in [0, 0.05) is 12.5 Å². The van der Waals surface area contributed by atoms with Crippen LogP contribution >= 0.6 is 0 Å². The normalized spacial score (nSPS) is 20.4. The Morgan fingerprint density at radius 3 is 2.89 bits per heavy atom. The number of carbonyl (C=O) groups excluding carboxylic acids is 1. The van der Waals surface area contributed by atoms with Crippen molar-refractivity contribution in [3.8, 4) is 5.75 Å². The quantitative estimate of drug-likeness (QED) is 0.847. The lowest BCUT2D eigenvalue weighted by molar-refractivity contribution is -0.118. The first-order chi connectivity index (χ1) is 12.9. The van der Waals surface area contributed by atoms with Crippen LogP contribution in [0.1, 0.15) is 50.4 Å². The number of ether oxygens (including phenoxy) is 1. The molecule has 0 unspecified atom stereocenters. The van der Waals surface area contributed by atoms with Crippen molar-refractivity contribution in [2.24, 2.45) is 0 Å². The molecule has 1 atom stereocenters. The third-order valence-corrected chi connectivity index (χ3v) is 6.56. The van der Waals surface area contributed by atoms with Gasteiger partial charge in [0.2, 0.25) is 15.9 Å². The smallest absolute Gasteiger partial charge is 0.262 e. The Balaban J connectivity index is 1.66. The van der Waals surface area contributed by atoms with Crippen LogP contribution in [-0.4, -0.2) is 41.9 Å². The summed E-state index contributed by atoms with van der Waals surface area (Å²) < 4.78 is 38.4. The second-order valence-corrected chi connectivity index (χ2v) is 8.80. The molecule has 0 radical (unpaired) electrons. The van der Waals surface area contributed by atoms with Crippen LogP contribution in [-0.2, 0) is 14.8 Å². The highest BCUT2D eigenvalue weighted by Crippen LogP contribution is 2.38. The van der Waals surface area contributed by atoms with E-state index >= 15 is 0 Å². The number of fused-ring (bicyclic) bond motifs is 1. The van der Waals surface area contributed by atoms with E-state index in [1.54, 1.807) is 6.07 Å². The van der Waals surface area contributed by atoms with Crippen molar-refractivity contribution in [3.63, 3.8) is 0 Å². The molecule has 0 aliphatic carbocycles. The predicted molar refractivity (Wildman–Crippen MR) is 94.8 cm³/mol. The minimum atomic E-state index is -3.80. The zero-order valence-electron chi connectivity index (χ0n) is 15.0. The highest BCUT2D eigenvalue weighted by atomic mass is 32.2. The maximum Gasteiger partial charge on any atom is 0.262 e. The number of amides is 1. The number of hydrogen-bond donors (Lipinski definition) is 1. The standard InChI is InChI=1S/C17H20N4O5S/c1-10(2)16-19-17(26-20-16)13-4-3-7-21(13)27(23,24)11-5-6-14-12(8-11)18-15(22)9-25-14/h5-6,8,10,13H,3-4,7,9H2,1-2H3,(H,18,22)/t13-/m0/s1. The summed E-state index contributed by atoms with van der Waals surface area (Å²) in [7, 11) is -3.80. The molecule has 1 aromatic heterocycles. The molecule has 1 saturated heterocycles. The van der Waals surface area contributed by atoms with Gasteiger partial charge in [-0.05, 0) is 31.0 Å². The summed E-state index contributed by atoms with van der Waals surface area (Å²) in [6.45, 7) is 4.18. The van der Waals surface area contributed by atoms with E-state index in [0.29, 0.717) is 42.5 Å². The number of hydrogen-bond acceptors (Lipinski definition) is 7. The number of anilines is 1. The fourth-order valence-corrected chi connectivity index (χ4v) is 4.93. The lowest BCUT2D eigenvalue weighted by Gasteiger charge is -2.23. The number of aromatic nitrogens is 2. The van der Waals surface area contributed by atoms with Gasteiger partial charge in [-0.15, -0.1) is 0 Å². The molecule has 0 spiro atoms. The van der Waals surface area contributed by atoms with Crippen molar-refractivity contribution in [3.05, 3.63) is 29.9 Å². The topological polar surface area (TPSA) is 115 Å². The predicted octanol–water partition coefficient (Wildman–Crippen LogP) is 2.05. The van der Waals surface area contributed by atoms with Gasteiger partial charge in [-0.2, -0.15) is 9.29 Å². The van der Waals surface area contributed by atoms with Gasteiger partial charge in [-0.3, -0.25) is 4.79 Å². The Morgan fingerprint density at radius 2 is 2.15 bits per heavy atom. The molecule has 2 aliphatic rings. The zero-order valence-corrected chi connectivity index (χ0v) is 15.8. The van der Waals surface area contributed by atoms with Gasteiger partial charge in [0.25, 0.3) is 5.91 Å². The SMILES string of the molecule is CC(C)c1noc([C@@H]2CCCN2S(=O)(=O)c2ccc3c(c2)NC(=O)CO3)n1. The molecule has 2 aromatic rings. The summed E-state index contributed by atoms with van der Waals surface area (Å²) in [6, 6.07) is 3.96. The molecule has 144 valence electrons. The molecule has 9 nitrogen and oxygen atoms in total. The van der Waals surface area contributed by atoms with E-state index in [4.69, 9.17) is 9.26 Å². The lowest BCUT2D eigenvalue weighted by atomic mass is 10.2. The van der Waals surface area contributed by atoms with Crippen LogP contribution in [0.25, 0.3) is 0 Å². The molecule has 4 rings (SSSR count). The van der Waals surface area contributed by atoms with E-state index in [2.05, 4.69) is 15.5 Å². The van der Waals surface area contributed by atoms with Crippen LogP contribution in [0.3, 0.4) is 0 Å². The summed E-state index contributed by atoms with van der Waals surface area (Å²) >= 11 is 0. The van der Waals surface area contributed by atoms with Gasteiger partial charge in [0.05, 0.1) is 10.6 Å². The van der Waals surface area contributed by atoms with Gasteiger partial charge < -0.3 is 14.6 Å². The maximum absolute atomic E-state index is 13.2. The fourth-order valence-electron chi connectivity index (χ4n) is 3.25. The largest absolute Gasteiger partial charge is 0.482 e. The van der Waals surface area contributed by atoms with Crippen molar-refractivity contribution in [1.29, 1.82) is 0 Å². The Morgan fingerprint density at radius 1 is 1.33 bits per heavy atom. The minimum Gasteiger partial charge on any atom is -0.482 e. The zero-order chi connectivity index (χ0) is 19.2. The molecule has 3 heterocycles. The average Bonchev–Trinajstić information content (AvgIpc) is 3.30. The lowest BCUT2D eigenvalue weighted by Crippen LogP contribution is -2.31. The van der Waals surface area contributed by atoms with E-state index in [1.165, 1.54) is 16.4 Å². The van der Waals surface area contributed by atoms with Crippen molar-refractivity contribution in [1.82, 2.24) is 14.4 Å². The Hall–Kier alpha value is -2.46. The number of carbonyl (C=O) groups is 1. The van der Waals surface area contributed by atoms with Gasteiger partial charge in [-0.1, -0.05) is 19.0 Å². The first-order valence-corrected chi connectivity index (χ1v) is 10.2. The van der Waals surface area contributed by atoms with E-state index < -0.39 is 16.1 Å². The second-order valence-electron chi connectivity index (χ2n) is 6.91. The van der Waals surface area contributed by atoms with Crippen LogP contribution in [0.2, 0.25) is 0 Å². The highest BCUT2D eigenvalue weighted by Gasteiger charge is 2.40. The molecule has 2 aliphatic heterocycles. The highest BCUT2D eigenvalue weighted by molar-refractivity contribution is 7.89. The van der Waals surface area contributed by atoms with Crippen molar-refractivity contribution in [2.75, 3.05) is 18.5 Å².